The van der Waals surface area contributed by atoms with Crippen LogP contribution in [0.1, 0.15) is 48.8 Å². The minimum absolute atomic E-state index is 0.185. The first kappa shape index (κ1) is 20.3. The molecule has 30 heavy (non-hydrogen) atoms. The Morgan fingerprint density at radius 2 is 2.10 bits per heavy atom. The number of nitrogens with one attached hydrogen (secondary N) is 1. The molecule has 0 radical (unpaired) electrons. The highest BCUT2D eigenvalue weighted by Crippen LogP contribution is 2.25. The van der Waals surface area contributed by atoms with Gasteiger partial charge in [-0.2, -0.15) is 0 Å². The van der Waals surface area contributed by atoms with Crippen molar-refractivity contribution in [1.29, 1.82) is 0 Å². The van der Waals surface area contributed by atoms with Gasteiger partial charge in [-0.3, -0.25) is 4.79 Å². The van der Waals surface area contributed by atoms with E-state index < -0.39 is 5.60 Å². The number of carbonyl (C=O) groups is 1. The number of rotatable bonds is 5. The Labute approximate surface area is 176 Å². The lowest BCUT2D eigenvalue weighted by Crippen LogP contribution is -2.54. The van der Waals surface area contributed by atoms with Gasteiger partial charge in [0, 0.05) is 43.0 Å². The second kappa shape index (κ2) is 8.02. The van der Waals surface area contributed by atoms with Gasteiger partial charge in [0.25, 0.3) is 5.91 Å². The first-order valence-corrected chi connectivity index (χ1v) is 10.4. The van der Waals surface area contributed by atoms with Gasteiger partial charge in [0.1, 0.15) is 12.1 Å². The van der Waals surface area contributed by atoms with Gasteiger partial charge in [-0.25, -0.2) is 15.0 Å². The fraction of sp³-hybridized carbons (Fsp3) is 0.455. The first-order chi connectivity index (χ1) is 14.3. The van der Waals surface area contributed by atoms with Crippen molar-refractivity contribution in [3.63, 3.8) is 0 Å². The number of imidazole rings is 1. The molecule has 1 aliphatic heterocycles. The summed E-state index contributed by atoms with van der Waals surface area (Å²) in [6.07, 6.45) is 4.79. The van der Waals surface area contributed by atoms with Gasteiger partial charge in [0.05, 0.1) is 23.0 Å². The van der Waals surface area contributed by atoms with E-state index in [1.165, 1.54) is 6.33 Å². The maximum absolute atomic E-state index is 12.7. The van der Waals surface area contributed by atoms with Crippen molar-refractivity contribution in [2.24, 2.45) is 0 Å². The monoisotopic (exact) mass is 408 g/mol. The van der Waals surface area contributed by atoms with Crippen LogP contribution in [0.5, 0.6) is 0 Å². The van der Waals surface area contributed by atoms with Crippen LogP contribution < -0.4 is 10.2 Å². The highest BCUT2D eigenvalue weighted by molar-refractivity contribution is 5.97. The fourth-order valence-corrected chi connectivity index (χ4v) is 4.00. The number of anilines is 1. The van der Waals surface area contributed by atoms with E-state index in [0.717, 1.165) is 35.5 Å². The fourth-order valence-electron chi connectivity index (χ4n) is 4.00. The van der Waals surface area contributed by atoms with Crippen LogP contribution in [0.2, 0.25) is 0 Å². The second-order valence-electron chi connectivity index (χ2n) is 8.40. The lowest BCUT2D eigenvalue weighted by atomic mass is 9.92. The van der Waals surface area contributed by atoms with Crippen LogP contribution in [0.3, 0.4) is 0 Å². The summed E-state index contributed by atoms with van der Waals surface area (Å²) in [4.78, 5) is 27.6. The number of carbonyl (C=O) groups excluding carboxylic acids is 1. The van der Waals surface area contributed by atoms with E-state index >= 15 is 0 Å². The summed E-state index contributed by atoms with van der Waals surface area (Å²) in [6, 6.07) is 7.74. The number of β-amino-alcohol motifs (C(OH)–C–C–N with tert-alkyl or cyclic N) is 1. The maximum atomic E-state index is 12.7. The standard InChI is InChI=1S/C22H28N6O2/c1-15(2)28-14-26-18-10-17(5-6-19(18)28)21(29)23-11-22(30)7-4-8-27(12-22)20-9-16(3)24-13-25-20/h5-6,9-10,13-15,30H,4,7-8,11-12H2,1-3H3,(H,23,29). The molecule has 1 saturated heterocycles. The van der Waals surface area contributed by atoms with E-state index in [1.54, 1.807) is 18.5 Å². The molecule has 8 nitrogen and oxygen atoms in total. The zero-order valence-corrected chi connectivity index (χ0v) is 17.7. The van der Waals surface area contributed by atoms with Crippen molar-refractivity contribution in [3.05, 3.63) is 48.2 Å². The summed E-state index contributed by atoms with van der Waals surface area (Å²) in [6.45, 7) is 7.54. The molecule has 1 unspecified atom stereocenters. The Kier molecular flexibility index (Phi) is 5.42. The molecular weight excluding hydrogens is 380 g/mol. The van der Waals surface area contributed by atoms with Crippen molar-refractivity contribution in [1.82, 2.24) is 24.8 Å². The largest absolute Gasteiger partial charge is 0.386 e. The number of piperidine rings is 1. The van der Waals surface area contributed by atoms with Crippen molar-refractivity contribution in [2.75, 3.05) is 24.5 Å². The van der Waals surface area contributed by atoms with Crippen molar-refractivity contribution in [3.8, 4) is 0 Å². The van der Waals surface area contributed by atoms with Crippen LogP contribution in [-0.2, 0) is 0 Å². The van der Waals surface area contributed by atoms with Gasteiger partial charge in [-0.05, 0) is 51.8 Å². The molecule has 2 N–H and O–H groups in total. The number of hydrogen-bond donors (Lipinski definition) is 2. The molecule has 3 aromatic rings. The minimum Gasteiger partial charge on any atom is -0.386 e. The van der Waals surface area contributed by atoms with E-state index in [1.807, 2.05) is 19.1 Å². The Hall–Kier alpha value is -3.00. The molecule has 0 bridgehead atoms. The Morgan fingerprint density at radius 3 is 2.87 bits per heavy atom. The summed E-state index contributed by atoms with van der Waals surface area (Å²) in [5, 5.41) is 14.0. The molecular formula is C22H28N6O2. The van der Waals surface area contributed by atoms with Crippen LogP contribution in [0.25, 0.3) is 11.0 Å². The predicted octanol–water partition coefficient (Wildman–Crippen LogP) is 2.48. The van der Waals surface area contributed by atoms with Gasteiger partial charge < -0.3 is 19.9 Å². The summed E-state index contributed by atoms with van der Waals surface area (Å²) in [7, 11) is 0. The summed E-state index contributed by atoms with van der Waals surface area (Å²) in [5.41, 5.74) is 2.22. The summed E-state index contributed by atoms with van der Waals surface area (Å²) in [5.74, 6) is 0.595. The molecule has 0 spiro atoms. The number of hydrogen-bond acceptors (Lipinski definition) is 6. The molecule has 1 atom stereocenters. The number of aromatic nitrogens is 4. The molecule has 1 amide bonds. The number of fused-ring (bicyclic) bond motifs is 1. The van der Waals surface area contributed by atoms with E-state index in [0.29, 0.717) is 24.6 Å². The molecule has 2 aromatic heterocycles. The molecule has 0 aliphatic carbocycles. The van der Waals surface area contributed by atoms with E-state index in [4.69, 9.17) is 0 Å². The van der Waals surface area contributed by atoms with Gasteiger partial charge in [0.15, 0.2) is 0 Å². The van der Waals surface area contributed by atoms with Gasteiger partial charge in [-0.1, -0.05) is 0 Å². The number of aliphatic hydroxyl groups is 1. The number of benzene rings is 1. The zero-order valence-electron chi connectivity index (χ0n) is 17.7. The van der Waals surface area contributed by atoms with Crippen molar-refractivity contribution < 1.29 is 9.90 Å². The van der Waals surface area contributed by atoms with Gasteiger partial charge >= 0.3 is 0 Å². The Balaban J connectivity index is 1.43. The average Bonchev–Trinajstić information content (AvgIpc) is 3.16. The molecule has 1 aliphatic rings. The lowest BCUT2D eigenvalue weighted by molar-refractivity contribution is 0.0254. The maximum Gasteiger partial charge on any atom is 0.251 e. The van der Waals surface area contributed by atoms with Crippen LogP contribution in [-0.4, -0.2) is 55.8 Å². The SMILES string of the molecule is Cc1cc(N2CCCC(O)(CNC(=O)c3ccc4c(c3)ncn4C(C)C)C2)ncn1. The molecule has 3 heterocycles. The quantitative estimate of drug-likeness (QED) is 0.673. The van der Waals surface area contributed by atoms with Crippen LogP contribution >= 0.6 is 0 Å². The highest BCUT2D eigenvalue weighted by atomic mass is 16.3. The molecule has 0 saturated carbocycles. The van der Waals surface area contributed by atoms with Crippen LogP contribution in [0, 0.1) is 6.92 Å². The molecule has 4 rings (SSSR count). The minimum atomic E-state index is -1.00. The van der Waals surface area contributed by atoms with Gasteiger partial charge in [0.2, 0.25) is 0 Å². The first-order valence-electron chi connectivity index (χ1n) is 10.4. The van der Waals surface area contributed by atoms with E-state index in [9.17, 15) is 9.90 Å². The van der Waals surface area contributed by atoms with E-state index in [2.05, 4.69) is 43.6 Å². The average molecular weight is 409 g/mol. The van der Waals surface area contributed by atoms with Crippen molar-refractivity contribution >= 4 is 22.8 Å². The highest BCUT2D eigenvalue weighted by Gasteiger charge is 2.34. The third-order valence-electron chi connectivity index (χ3n) is 5.64. The Morgan fingerprint density at radius 1 is 1.27 bits per heavy atom. The normalized spacial score (nSPS) is 19.4. The molecule has 1 aromatic carbocycles. The van der Waals surface area contributed by atoms with Crippen LogP contribution in [0.15, 0.2) is 36.9 Å². The van der Waals surface area contributed by atoms with E-state index in [-0.39, 0.29) is 12.5 Å². The predicted molar refractivity (Wildman–Crippen MR) is 116 cm³/mol. The van der Waals surface area contributed by atoms with Crippen LogP contribution in [0.4, 0.5) is 5.82 Å². The zero-order chi connectivity index (χ0) is 21.3. The number of aryl methyl sites for hydroxylation is 1. The molecule has 158 valence electrons. The number of amides is 1. The topological polar surface area (TPSA) is 96.2 Å². The third kappa shape index (κ3) is 4.14. The lowest BCUT2D eigenvalue weighted by Gasteiger charge is -2.39. The van der Waals surface area contributed by atoms with Gasteiger partial charge in [-0.15, -0.1) is 0 Å². The molecule has 1 fully saturated rings. The summed E-state index contributed by atoms with van der Waals surface area (Å²) >= 11 is 0. The number of nitrogens with zero attached hydrogens (tertiary/aromatic N) is 5. The second-order valence-corrected chi connectivity index (χ2v) is 8.40. The third-order valence-corrected chi connectivity index (χ3v) is 5.64. The molecule has 8 heteroatoms. The summed E-state index contributed by atoms with van der Waals surface area (Å²) < 4.78 is 2.07. The smallest absolute Gasteiger partial charge is 0.251 e. The Bertz CT molecular complexity index is 1060. The van der Waals surface area contributed by atoms with Crippen molar-refractivity contribution in [2.45, 2.75) is 45.3 Å².